The van der Waals surface area contributed by atoms with Crippen molar-refractivity contribution in [2.75, 3.05) is 5.43 Å². The van der Waals surface area contributed by atoms with Crippen LogP contribution in [0.3, 0.4) is 0 Å². The van der Waals surface area contributed by atoms with Gasteiger partial charge in [-0.1, -0.05) is 6.07 Å². The summed E-state index contributed by atoms with van der Waals surface area (Å²) in [6.07, 6.45) is 1.45. The second-order valence-corrected chi connectivity index (χ2v) is 4.10. The van der Waals surface area contributed by atoms with Gasteiger partial charge in [0.25, 0.3) is 5.69 Å². The van der Waals surface area contributed by atoms with Crippen molar-refractivity contribution < 1.29 is 9.66 Å². The fraction of sp³-hybridized carbons (Fsp3) is 0. The van der Waals surface area contributed by atoms with Crippen LogP contribution >= 0.6 is 15.9 Å². The third-order valence-electron chi connectivity index (χ3n) is 2.11. The van der Waals surface area contributed by atoms with Crippen LogP contribution in [0.5, 0.6) is 11.6 Å². The summed E-state index contributed by atoms with van der Waals surface area (Å²) >= 11 is 3.12. The number of aromatic nitrogens is 2. The second kappa shape index (κ2) is 5.59. The van der Waals surface area contributed by atoms with Gasteiger partial charge in [-0.3, -0.25) is 15.5 Å². The van der Waals surface area contributed by atoms with E-state index in [0.717, 1.165) is 0 Å². The molecule has 1 heterocycles. The van der Waals surface area contributed by atoms with Gasteiger partial charge in [0.1, 0.15) is 4.47 Å². The van der Waals surface area contributed by atoms with E-state index in [-0.39, 0.29) is 27.7 Å². The smallest absolute Gasteiger partial charge is 0.287 e. The summed E-state index contributed by atoms with van der Waals surface area (Å²) in [5.74, 6) is 5.84. The molecular weight excluding hydrogens is 318 g/mol. The number of nitrogens with one attached hydrogen (secondary N) is 1. The van der Waals surface area contributed by atoms with Crippen molar-refractivity contribution in [2.24, 2.45) is 5.84 Å². The summed E-state index contributed by atoms with van der Waals surface area (Å²) in [5, 5.41) is 10.8. The van der Waals surface area contributed by atoms with E-state index in [0.29, 0.717) is 0 Å². The number of nitrogens with zero attached hydrogens (tertiary/aromatic N) is 3. The number of nitrogen functional groups attached to an aromatic ring is 1. The summed E-state index contributed by atoms with van der Waals surface area (Å²) in [7, 11) is 0. The maximum atomic E-state index is 10.8. The van der Waals surface area contributed by atoms with E-state index < -0.39 is 4.92 Å². The molecule has 98 valence electrons. The molecule has 1 aromatic heterocycles. The predicted molar refractivity (Wildman–Crippen MR) is 70.7 cm³/mol. The SMILES string of the molecule is NNc1nccc(Oc2cccc([N+](=O)[O-])c2Br)n1. The van der Waals surface area contributed by atoms with Crippen molar-refractivity contribution in [2.45, 2.75) is 0 Å². The zero-order valence-electron chi connectivity index (χ0n) is 9.41. The summed E-state index contributed by atoms with van der Waals surface area (Å²) in [6, 6.07) is 5.96. The first-order chi connectivity index (χ1) is 9.11. The van der Waals surface area contributed by atoms with Crippen LogP contribution in [0.25, 0.3) is 0 Å². The Morgan fingerprint density at radius 1 is 1.42 bits per heavy atom. The molecule has 0 unspecified atom stereocenters. The molecule has 2 aromatic rings. The van der Waals surface area contributed by atoms with E-state index in [9.17, 15) is 10.1 Å². The van der Waals surface area contributed by atoms with E-state index in [2.05, 4.69) is 31.3 Å². The average Bonchev–Trinajstić information content (AvgIpc) is 2.41. The number of ether oxygens (including phenoxy) is 1. The number of nitro benzene ring substituents is 1. The number of benzene rings is 1. The quantitative estimate of drug-likeness (QED) is 0.502. The summed E-state index contributed by atoms with van der Waals surface area (Å²) in [6.45, 7) is 0. The number of halogens is 1. The molecule has 0 aliphatic heterocycles. The van der Waals surface area contributed by atoms with Crippen LogP contribution in [0.2, 0.25) is 0 Å². The first kappa shape index (κ1) is 13.2. The number of nitro groups is 1. The van der Waals surface area contributed by atoms with Crippen LogP contribution in [0.1, 0.15) is 0 Å². The Morgan fingerprint density at radius 2 is 2.21 bits per heavy atom. The topological polar surface area (TPSA) is 116 Å². The van der Waals surface area contributed by atoms with Crippen LogP contribution in [-0.4, -0.2) is 14.9 Å². The molecule has 0 saturated heterocycles. The van der Waals surface area contributed by atoms with E-state index in [1.165, 1.54) is 24.4 Å². The predicted octanol–water partition coefficient (Wildman–Crippen LogP) is 2.23. The molecule has 0 fully saturated rings. The zero-order chi connectivity index (χ0) is 13.8. The van der Waals surface area contributed by atoms with Gasteiger partial charge < -0.3 is 4.74 Å². The number of nitrogens with two attached hydrogens (primary N) is 1. The van der Waals surface area contributed by atoms with Crippen LogP contribution in [-0.2, 0) is 0 Å². The highest BCUT2D eigenvalue weighted by atomic mass is 79.9. The molecule has 0 saturated carbocycles. The third-order valence-corrected chi connectivity index (χ3v) is 2.91. The molecule has 9 heteroatoms. The van der Waals surface area contributed by atoms with Gasteiger partial charge in [0.2, 0.25) is 11.8 Å². The van der Waals surface area contributed by atoms with Crippen molar-refractivity contribution in [3.05, 3.63) is 45.0 Å². The number of hydrogen-bond acceptors (Lipinski definition) is 7. The first-order valence-corrected chi connectivity index (χ1v) is 5.81. The lowest BCUT2D eigenvalue weighted by atomic mass is 10.3. The lowest BCUT2D eigenvalue weighted by molar-refractivity contribution is -0.385. The molecule has 0 spiro atoms. The normalized spacial score (nSPS) is 10.0. The highest BCUT2D eigenvalue weighted by Crippen LogP contribution is 2.35. The minimum absolute atomic E-state index is 0.0938. The van der Waals surface area contributed by atoms with Crippen molar-refractivity contribution in [1.82, 2.24) is 9.97 Å². The van der Waals surface area contributed by atoms with Gasteiger partial charge in [-0.2, -0.15) is 4.98 Å². The van der Waals surface area contributed by atoms with Gasteiger partial charge in [-0.05, 0) is 22.0 Å². The third kappa shape index (κ3) is 2.95. The monoisotopic (exact) mass is 325 g/mol. The minimum Gasteiger partial charge on any atom is -0.437 e. The highest BCUT2D eigenvalue weighted by Gasteiger charge is 2.16. The number of hydrazine groups is 1. The molecule has 0 atom stereocenters. The van der Waals surface area contributed by atoms with Crippen LogP contribution in [0.4, 0.5) is 11.6 Å². The van der Waals surface area contributed by atoms with Gasteiger partial charge in [-0.25, -0.2) is 10.8 Å². The van der Waals surface area contributed by atoms with Gasteiger partial charge in [0, 0.05) is 18.3 Å². The van der Waals surface area contributed by atoms with Crippen molar-refractivity contribution in [3.63, 3.8) is 0 Å². The largest absolute Gasteiger partial charge is 0.437 e. The molecule has 3 N–H and O–H groups in total. The highest BCUT2D eigenvalue weighted by molar-refractivity contribution is 9.10. The van der Waals surface area contributed by atoms with Crippen LogP contribution in [0, 0.1) is 10.1 Å². The maximum Gasteiger partial charge on any atom is 0.287 e. The van der Waals surface area contributed by atoms with Crippen molar-refractivity contribution >= 4 is 27.6 Å². The summed E-state index contributed by atoms with van der Waals surface area (Å²) < 4.78 is 5.68. The molecular formula is C10H8BrN5O3. The number of anilines is 1. The molecule has 19 heavy (non-hydrogen) atoms. The van der Waals surface area contributed by atoms with Crippen LogP contribution < -0.4 is 16.0 Å². The Bertz CT molecular complexity index is 622. The van der Waals surface area contributed by atoms with E-state index >= 15 is 0 Å². The first-order valence-electron chi connectivity index (χ1n) is 5.02. The Labute approximate surface area is 115 Å². The Balaban J connectivity index is 2.33. The van der Waals surface area contributed by atoms with Gasteiger partial charge in [0.05, 0.1) is 4.92 Å². The maximum absolute atomic E-state index is 10.8. The fourth-order valence-electron chi connectivity index (χ4n) is 1.30. The number of hydrogen-bond donors (Lipinski definition) is 2. The molecule has 0 bridgehead atoms. The molecule has 0 amide bonds. The zero-order valence-corrected chi connectivity index (χ0v) is 11.0. The van der Waals surface area contributed by atoms with Crippen LogP contribution in [0.15, 0.2) is 34.9 Å². The fourth-order valence-corrected chi connectivity index (χ4v) is 1.79. The molecule has 1 aromatic carbocycles. The second-order valence-electron chi connectivity index (χ2n) is 3.31. The summed E-state index contributed by atoms with van der Waals surface area (Å²) in [5.41, 5.74) is 2.18. The Morgan fingerprint density at radius 3 is 2.89 bits per heavy atom. The molecule has 0 radical (unpaired) electrons. The van der Waals surface area contributed by atoms with E-state index in [4.69, 9.17) is 10.6 Å². The van der Waals surface area contributed by atoms with Gasteiger partial charge >= 0.3 is 0 Å². The van der Waals surface area contributed by atoms with Gasteiger partial charge in [-0.15, -0.1) is 0 Å². The standard InChI is InChI=1S/C10H8BrN5O3/c11-9-6(16(17)18)2-1-3-7(9)19-8-4-5-13-10(14-8)15-12/h1-5H,12H2,(H,13,14,15). The van der Waals surface area contributed by atoms with Gasteiger partial charge in [0.15, 0.2) is 5.75 Å². The molecule has 0 aliphatic rings. The summed E-state index contributed by atoms with van der Waals surface area (Å²) in [4.78, 5) is 18.0. The lowest BCUT2D eigenvalue weighted by Gasteiger charge is -2.07. The molecule has 8 nitrogen and oxygen atoms in total. The van der Waals surface area contributed by atoms with E-state index in [1.807, 2.05) is 0 Å². The number of rotatable bonds is 4. The Hall–Kier alpha value is -2.26. The molecule has 2 rings (SSSR count). The van der Waals surface area contributed by atoms with Crippen molar-refractivity contribution in [3.8, 4) is 11.6 Å². The Kier molecular flexibility index (Phi) is 3.88. The van der Waals surface area contributed by atoms with Crippen molar-refractivity contribution in [1.29, 1.82) is 0 Å². The average molecular weight is 326 g/mol. The minimum atomic E-state index is -0.510. The molecule has 0 aliphatic carbocycles. The van der Waals surface area contributed by atoms with E-state index in [1.54, 1.807) is 6.07 Å². The lowest BCUT2D eigenvalue weighted by Crippen LogP contribution is -2.10.